The molecular formula is C20H25N5O4. The maximum atomic E-state index is 10.4. The summed E-state index contributed by atoms with van der Waals surface area (Å²) in [5, 5.41) is 24.0. The highest BCUT2D eigenvalue weighted by molar-refractivity contribution is 5.82. The van der Waals surface area contributed by atoms with Gasteiger partial charge in [0.1, 0.15) is 24.6 Å². The lowest BCUT2D eigenvalue weighted by Crippen LogP contribution is -2.33. The van der Waals surface area contributed by atoms with Crippen LogP contribution in [0.15, 0.2) is 43.0 Å². The molecule has 154 valence electrons. The van der Waals surface area contributed by atoms with E-state index in [2.05, 4.69) is 39.3 Å². The van der Waals surface area contributed by atoms with Crippen molar-refractivity contribution in [3.63, 3.8) is 0 Å². The van der Waals surface area contributed by atoms with E-state index >= 15 is 0 Å². The highest BCUT2D eigenvalue weighted by Gasteiger charge is 2.44. The van der Waals surface area contributed by atoms with Crippen LogP contribution in [0.25, 0.3) is 11.2 Å². The van der Waals surface area contributed by atoms with Gasteiger partial charge < -0.3 is 25.0 Å². The number of aromatic nitrogens is 4. The van der Waals surface area contributed by atoms with Gasteiger partial charge in [-0.15, -0.1) is 0 Å². The lowest BCUT2D eigenvalue weighted by Gasteiger charge is -2.17. The van der Waals surface area contributed by atoms with E-state index in [1.165, 1.54) is 19.0 Å². The summed E-state index contributed by atoms with van der Waals surface area (Å²) in [5.74, 6) is 0.610. The largest absolute Gasteiger partial charge is 0.387 e. The van der Waals surface area contributed by atoms with E-state index in [1.807, 2.05) is 18.2 Å². The molecule has 29 heavy (non-hydrogen) atoms. The van der Waals surface area contributed by atoms with Crippen molar-refractivity contribution in [2.45, 2.75) is 43.9 Å². The van der Waals surface area contributed by atoms with Crippen molar-refractivity contribution in [2.24, 2.45) is 0 Å². The Hall–Kier alpha value is -2.59. The topological polar surface area (TPSA) is 115 Å². The zero-order valence-electron chi connectivity index (χ0n) is 16.3. The number of anilines is 1. The van der Waals surface area contributed by atoms with Crippen molar-refractivity contribution in [3.05, 3.63) is 48.5 Å². The average molecular weight is 399 g/mol. The summed E-state index contributed by atoms with van der Waals surface area (Å²) >= 11 is 0. The first-order chi connectivity index (χ1) is 14.1. The minimum Gasteiger partial charge on any atom is -0.387 e. The van der Waals surface area contributed by atoms with Crippen LogP contribution in [0.3, 0.4) is 0 Å². The summed E-state index contributed by atoms with van der Waals surface area (Å²) in [5.41, 5.74) is 2.32. The highest BCUT2D eigenvalue weighted by Crippen LogP contribution is 2.32. The summed E-state index contributed by atoms with van der Waals surface area (Å²) in [4.78, 5) is 13.1. The number of nitrogens with one attached hydrogen (secondary N) is 1. The Labute approximate surface area is 168 Å². The quantitative estimate of drug-likeness (QED) is 0.542. The van der Waals surface area contributed by atoms with Crippen LogP contribution in [-0.2, 0) is 15.9 Å². The van der Waals surface area contributed by atoms with Crippen LogP contribution >= 0.6 is 0 Å². The number of fused-ring (bicyclic) bond motifs is 1. The van der Waals surface area contributed by atoms with Gasteiger partial charge in [-0.05, 0) is 18.9 Å². The third kappa shape index (κ3) is 3.95. The molecule has 0 bridgehead atoms. The van der Waals surface area contributed by atoms with E-state index in [-0.39, 0.29) is 12.6 Å². The molecule has 1 aromatic carbocycles. The van der Waals surface area contributed by atoms with Crippen molar-refractivity contribution < 1.29 is 19.7 Å². The van der Waals surface area contributed by atoms with Gasteiger partial charge in [-0.3, -0.25) is 4.57 Å². The number of methoxy groups -OCH3 is 1. The molecule has 5 atom stereocenters. The Balaban J connectivity index is 1.55. The molecule has 1 saturated heterocycles. The van der Waals surface area contributed by atoms with Gasteiger partial charge in [0.05, 0.1) is 12.9 Å². The molecule has 3 aromatic rings. The standard InChI is InChI=1S/C20H25N5O4/c1-12(8-13-6-4-3-5-7-13)24-18-15-19(22-10-21-18)25(11-23-15)20-17(27)16(26)14(29-20)9-28-2/h3-7,10-12,14,16-17,20,26-27H,8-9H2,1-2H3,(H,21,22,24)/t12-,14-,16-,17-,20-/m1/s1. The average Bonchev–Trinajstić information content (AvgIpc) is 3.26. The number of hydrogen-bond donors (Lipinski definition) is 3. The summed E-state index contributed by atoms with van der Waals surface area (Å²) in [6, 6.07) is 10.3. The molecule has 2 aromatic heterocycles. The number of aliphatic hydroxyl groups is 2. The first kappa shape index (κ1) is 19.7. The number of hydrogen-bond acceptors (Lipinski definition) is 8. The lowest BCUT2D eigenvalue weighted by atomic mass is 10.1. The molecule has 3 N–H and O–H groups in total. The van der Waals surface area contributed by atoms with E-state index in [0.717, 1.165) is 6.42 Å². The van der Waals surface area contributed by atoms with Crippen LogP contribution in [0, 0.1) is 0 Å². The first-order valence-corrected chi connectivity index (χ1v) is 9.57. The molecule has 0 radical (unpaired) electrons. The fraction of sp³-hybridized carbons (Fsp3) is 0.450. The molecule has 4 rings (SSSR count). The van der Waals surface area contributed by atoms with E-state index < -0.39 is 24.5 Å². The Kier molecular flexibility index (Phi) is 5.72. The van der Waals surface area contributed by atoms with Gasteiger partial charge in [0.2, 0.25) is 0 Å². The summed E-state index contributed by atoms with van der Waals surface area (Å²) in [6.07, 6.45) is 0.230. The van der Waals surface area contributed by atoms with Crippen LogP contribution in [0.2, 0.25) is 0 Å². The van der Waals surface area contributed by atoms with Crippen LogP contribution in [0.4, 0.5) is 5.82 Å². The van der Waals surface area contributed by atoms with E-state index in [0.29, 0.717) is 17.0 Å². The minimum atomic E-state index is -1.11. The number of ether oxygens (including phenoxy) is 2. The predicted octanol–water partition coefficient (Wildman–Crippen LogP) is 1.13. The van der Waals surface area contributed by atoms with Crippen LogP contribution < -0.4 is 5.32 Å². The number of imidazole rings is 1. The molecule has 0 amide bonds. The Bertz CT molecular complexity index is 950. The zero-order valence-corrected chi connectivity index (χ0v) is 16.3. The molecule has 1 fully saturated rings. The smallest absolute Gasteiger partial charge is 0.167 e. The highest BCUT2D eigenvalue weighted by atomic mass is 16.6. The molecule has 1 aliphatic rings. The summed E-state index contributed by atoms with van der Waals surface area (Å²) in [6.45, 7) is 2.26. The summed E-state index contributed by atoms with van der Waals surface area (Å²) in [7, 11) is 1.52. The van der Waals surface area contributed by atoms with Gasteiger partial charge >= 0.3 is 0 Å². The Morgan fingerprint density at radius 2 is 1.97 bits per heavy atom. The molecule has 3 heterocycles. The number of aliphatic hydroxyl groups excluding tert-OH is 2. The van der Waals surface area contributed by atoms with Crippen molar-refractivity contribution in [1.82, 2.24) is 19.5 Å². The van der Waals surface area contributed by atoms with Gasteiger partial charge in [0.25, 0.3) is 0 Å². The SMILES string of the molecule is COC[C@H]1O[C@@H](n2cnc3c(N[C@H](C)Cc4ccccc4)ncnc32)[C@H](O)[C@@H]1O. The Morgan fingerprint density at radius 3 is 2.72 bits per heavy atom. The van der Waals surface area contributed by atoms with Crippen molar-refractivity contribution in [2.75, 3.05) is 19.0 Å². The molecular weight excluding hydrogens is 374 g/mol. The second kappa shape index (κ2) is 8.42. The molecule has 0 spiro atoms. The number of rotatable bonds is 7. The molecule has 0 unspecified atom stereocenters. The third-order valence-electron chi connectivity index (χ3n) is 5.07. The van der Waals surface area contributed by atoms with Crippen molar-refractivity contribution in [3.8, 4) is 0 Å². The maximum absolute atomic E-state index is 10.4. The van der Waals surface area contributed by atoms with Gasteiger partial charge in [0, 0.05) is 13.2 Å². The van der Waals surface area contributed by atoms with Crippen molar-refractivity contribution in [1.29, 1.82) is 0 Å². The molecule has 1 aliphatic heterocycles. The lowest BCUT2D eigenvalue weighted by molar-refractivity contribution is -0.0580. The number of benzene rings is 1. The van der Waals surface area contributed by atoms with Gasteiger partial charge in [-0.25, -0.2) is 15.0 Å². The Morgan fingerprint density at radius 1 is 1.17 bits per heavy atom. The molecule has 9 heteroatoms. The van der Waals surface area contributed by atoms with Crippen LogP contribution in [0.1, 0.15) is 18.7 Å². The van der Waals surface area contributed by atoms with Crippen molar-refractivity contribution >= 4 is 17.0 Å². The second-order valence-corrected chi connectivity index (χ2v) is 7.28. The minimum absolute atomic E-state index is 0.127. The van der Waals surface area contributed by atoms with Gasteiger partial charge in [-0.1, -0.05) is 30.3 Å². The predicted molar refractivity (Wildman–Crippen MR) is 106 cm³/mol. The number of nitrogens with zero attached hydrogens (tertiary/aromatic N) is 4. The van der Waals surface area contributed by atoms with Crippen LogP contribution in [0.5, 0.6) is 0 Å². The van der Waals surface area contributed by atoms with Gasteiger partial charge in [0.15, 0.2) is 23.2 Å². The molecule has 0 saturated carbocycles. The molecule has 0 aliphatic carbocycles. The second-order valence-electron chi connectivity index (χ2n) is 7.28. The van der Waals surface area contributed by atoms with Crippen LogP contribution in [-0.4, -0.2) is 67.8 Å². The third-order valence-corrected chi connectivity index (χ3v) is 5.07. The fourth-order valence-corrected chi connectivity index (χ4v) is 3.66. The van der Waals surface area contributed by atoms with Gasteiger partial charge in [-0.2, -0.15) is 0 Å². The molecule has 9 nitrogen and oxygen atoms in total. The van der Waals surface area contributed by atoms with E-state index in [9.17, 15) is 10.2 Å². The maximum Gasteiger partial charge on any atom is 0.167 e. The normalized spacial score (nSPS) is 25.4. The zero-order chi connectivity index (χ0) is 20.4. The first-order valence-electron chi connectivity index (χ1n) is 9.57. The monoisotopic (exact) mass is 399 g/mol. The fourth-order valence-electron chi connectivity index (χ4n) is 3.66. The van der Waals surface area contributed by atoms with E-state index in [1.54, 1.807) is 10.9 Å². The summed E-state index contributed by atoms with van der Waals surface area (Å²) < 4.78 is 12.5. The van der Waals surface area contributed by atoms with E-state index in [4.69, 9.17) is 9.47 Å².